The molecule has 0 fully saturated rings. The zero-order valence-electron chi connectivity index (χ0n) is 31.6. The molecule has 15 heteroatoms. The number of hydrogen-bond donors (Lipinski definition) is 3. The van der Waals surface area contributed by atoms with Gasteiger partial charge in [0.05, 0.1) is 16.7 Å². The maximum Gasteiger partial charge on any atom is 0.446 e. The number of carbonyl (C=O) groups is 3. The average Bonchev–Trinajstić information content (AvgIpc) is 3.41. The normalized spacial score (nSPS) is 13.8. The second kappa shape index (κ2) is 22.3. The summed E-state index contributed by atoms with van der Waals surface area (Å²) < 4.78 is 37.5. The van der Waals surface area contributed by atoms with Gasteiger partial charge in [0.2, 0.25) is 18.1 Å². The van der Waals surface area contributed by atoms with Crippen LogP contribution in [0.5, 0.6) is 5.75 Å². The molecule has 0 spiro atoms. The van der Waals surface area contributed by atoms with Gasteiger partial charge in [-0.3, -0.25) is 14.4 Å². The van der Waals surface area contributed by atoms with Gasteiger partial charge in [-0.05, 0) is 55.0 Å². The van der Waals surface area contributed by atoms with Gasteiger partial charge >= 0.3 is 6.18 Å². The van der Waals surface area contributed by atoms with Crippen LogP contribution in [0.4, 0.5) is 30.5 Å². The molecule has 55 heavy (non-hydrogen) atoms. The molecule has 0 radical (unpaired) electrons. The predicted molar refractivity (Wildman–Crippen MR) is 208 cm³/mol. The summed E-state index contributed by atoms with van der Waals surface area (Å²) in [6.07, 6.45) is 4.27. The Morgan fingerprint density at radius 1 is 1.09 bits per heavy atom. The Kier molecular flexibility index (Phi) is 17.9. The first-order valence-electron chi connectivity index (χ1n) is 18.4. The molecule has 296 valence electrons. The number of anilines is 3. The van der Waals surface area contributed by atoms with Crippen molar-refractivity contribution in [1.29, 1.82) is 5.26 Å². The van der Waals surface area contributed by atoms with Gasteiger partial charge in [0.15, 0.2) is 0 Å². The lowest BCUT2D eigenvalue weighted by molar-refractivity contribution is -0.156. The first-order chi connectivity index (χ1) is 26.3. The fourth-order valence-electron chi connectivity index (χ4n) is 5.85. The quantitative estimate of drug-likeness (QED) is 0.114. The zero-order chi connectivity index (χ0) is 40.4. The Morgan fingerprint density at radius 2 is 1.82 bits per heavy atom. The largest absolute Gasteiger partial charge is 0.489 e. The molecular weight excluding hydrogens is 735 g/mol. The summed E-state index contributed by atoms with van der Waals surface area (Å²) in [5.41, 5.74) is 2.52. The van der Waals surface area contributed by atoms with Crippen LogP contribution in [0.25, 0.3) is 6.08 Å². The summed E-state index contributed by atoms with van der Waals surface area (Å²) >= 11 is 6.70. The third kappa shape index (κ3) is 14.5. The van der Waals surface area contributed by atoms with Gasteiger partial charge in [0, 0.05) is 44.2 Å². The lowest BCUT2D eigenvalue weighted by atomic mass is 9.95. The number of rotatable bonds is 17. The minimum absolute atomic E-state index is 0.101. The minimum atomic E-state index is -4.64. The molecule has 2 aromatic carbocycles. The summed E-state index contributed by atoms with van der Waals surface area (Å²) in [6.45, 7) is 7.56. The number of carbonyl (C=O) groups excluding carboxylic acids is 3. The van der Waals surface area contributed by atoms with E-state index in [-0.39, 0.29) is 17.9 Å². The van der Waals surface area contributed by atoms with E-state index in [9.17, 15) is 28.0 Å². The van der Waals surface area contributed by atoms with Crippen LogP contribution in [0, 0.1) is 17.2 Å². The number of nitriles is 1. The van der Waals surface area contributed by atoms with Gasteiger partial charge in [-0.2, -0.15) is 18.4 Å². The molecule has 0 aliphatic carbocycles. The topological polar surface area (TPSA) is 149 Å². The van der Waals surface area contributed by atoms with Crippen molar-refractivity contribution in [3.8, 4) is 11.8 Å². The molecule has 3 unspecified atom stereocenters. The average molecular weight is 784 g/mol. The van der Waals surface area contributed by atoms with Gasteiger partial charge in [0.25, 0.3) is 0 Å². The number of ether oxygens (including phenoxy) is 1. The van der Waals surface area contributed by atoms with E-state index in [1.807, 2.05) is 54.4 Å². The van der Waals surface area contributed by atoms with Crippen molar-refractivity contribution in [2.45, 2.75) is 90.5 Å². The SMILES string of the molecule is CCCC(CC)CCC(=O)N(C)CCC(CC)Oc1ccc(Nc2ncnc3c2C=C(C(=O)NC(C#N)c2ccccc2)CCN3)cc1Cl.O=CC(F)(F)F. The molecular formula is C40H49ClF3N7O4. The molecule has 2 amide bonds. The fourth-order valence-corrected chi connectivity index (χ4v) is 6.08. The molecule has 0 saturated carbocycles. The second-order valence-corrected chi connectivity index (χ2v) is 13.5. The van der Waals surface area contributed by atoms with E-state index in [0.717, 1.165) is 25.7 Å². The molecule has 3 aromatic rings. The molecule has 3 atom stereocenters. The zero-order valence-corrected chi connectivity index (χ0v) is 32.3. The lowest BCUT2D eigenvalue weighted by Crippen LogP contribution is -2.31. The molecule has 1 aliphatic rings. The maximum atomic E-state index is 13.3. The van der Waals surface area contributed by atoms with E-state index in [0.29, 0.717) is 83.1 Å². The molecule has 1 aliphatic heterocycles. The van der Waals surface area contributed by atoms with Crippen molar-refractivity contribution < 1.29 is 32.3 Å². The van der Waals surface area contributed by atoms with Gasteiger partial charge in [-0.25, -0.2) is 9.97 Å². The monoisotopic (exact) mass is 783 g/mol. The Hall–Kier alpha value is -5.16. The number of fused-ring (bicyclic) bond motifs is 1. The number of aldehydes is 1. The molecule has 3 N–H and O–H groups in total. The number of amides is 2. The van der Waals surface area contributed by atoms with E-state index >= 15 is 0 Å². The van der Waals surface area contributed by atoms with E-state index < -0.39 is 18.5 Å². The highest BCUT2D eigenvalue weighted by atomic mass is 35.5. The fraction of sp³-hybridized carbons (Fsp3) is 0.450. The highest BCUT2D eigenvalue weighted by Crippen LogP contribution is 2.33. The molecule has 0 saturated heterocycles. The number of hydrogen-bond acceptors (Lipinski definition) is 9. The summed E-state index contributed by atoms with van der Waals surface area (Å²) in [7, 11) is 1.87. The number of aromatic nitrogens is 2. The van der Waals surface area contributed by atoms with Crippen LogP contribution >= 0.6 is 11.6 Å². The molecule has 1 aromatic heterocycles. The van der Waals surface area contributed by atoms with Crippen molar-refractivity contribution in [2.24, 2.45) is 5.92 Å². The Labute approximate surface area is 325 Å². The van der Waals surface area contributed by atoms with Crippen LogP contribution in [-0.2, 0) is 14.4 Å². The first kappa shape index (κ1) is 44.2. The van der Waals surface area contributed by atoms with Crippen molar-refractivity contribution in [3.63, 3.8) is 0 Å². The first-order valence-corrected chi connectivity index (χ1v) is 18.7. The van der Waals surface area contributed by atoms with Crippen LogP contribution < -0.4 is 20.7 Å². The third-order valence-corrected chi connectivity index (χ3v) is 9.34. The predicted octanol–water partition coefficient (Wildman–Crippen LogP) is 8.81. The summed E-state index contributed by atoms with van der Waals surface area (Å²) in [6, 6.07) is 16.0. The molecule has 11 nitrogen and oxygen atoms in total. The smallest absolute Gasteiger partial charge is 0.446 e. The third-order valence-electron chi connectivity index (χ3n) is 9.05. The van der Waals surface area contributed by atoms with Gasteiger partial charge < -0.3 is 25.6 Å². The maximum absolute atomic E-state index is 13.3. The number of nitrogens with zero attached hydrogens (tertiary/aromatic N) is 4. The Morgan fingerprint density at radius 3 is 2.44 bits per heavy atom. The van der Waals surface area contributed by atoms with Crippen LogP contribution in [-0.4, -0.2) is 65.4 Å². The van der Waals surface area contributed by atoms with E-state index in [2.05, 4.69) is 52.8 Å². The Balaban J connectivity index is 0.00000125. The van der Waals surface area contributed by atoms with Crippen LogP contribution in [0.2, 0.25) is 5.02 Å². The molecule has 4 rings (SSSR count). The van der Waals surface area contributed by atoms with E-state index in [1.165, 1.54) is 12.7 Å². The number of alkyl halides is 3. The minimum Gasteiger partial charge on any atom is -0.489 e. The van der Waals surface area contributed by atoms with Gasteiger partial charge in [0.1, 0.15) is 35.9 Å². The lowest BCUT2D eigenvalue weighted by Gasteiger charge is -2.23. The standard InChI is InChI=1S/C38H48ClN7O3.C2HF3O/c1-5-11-26(6-2)14-17-35(47)46(4)21-19-30(7-3)49-34-16-15-29(23-32(34)39)44-37-31-22-28(18-20-41-36(31)42-25-43-37)38(48)45-33(24-40)27-12-9-8-10-13-27;3-2(4,5)1-6/h8-10,12-13,15-16,22-23,25-26,30,33H,5-7,11,14,17-21H2,1-4H3,(H,45,48)(H2,41,42,43,44);1H. The molecule has 0 bridgehead atoms. The summed E-state index contributed by atoms with van der Waals surface area (Å²) in [4.78, 5) is 45.4. The van der Waals surface area contributed by atoms with Crippen LogP contribution in [0.3, 0.4) is 0 Å². The van der Waals surface area contributed by atoms with Crippen LogP contribution in [0.15, 0.2) is 60.4 Å². The number of halogens is 4. The number of benzene rings is 2. The van der Waals surface area contributed by atoms with Crippen molar-refractivity contribution in [3.05, 3.63) is 76.6 Å². The van der Waals surface area contributed by atoms with Gasteiger partial charge in [-0.15, -0.1) is 0 Å². The van der Waals surface area contributed by atoms with Crippen molar-refractivity contribution in [1.82, 2.24) is 20.2 Å². The number of nitrogens with one attached hydrogen (secondary N) is 3. The Bertz CT molecular complexity index is 1790. The van der Waals surface area contributed by atoms with E-state index in [1.54, 1.807) is 12.1 Å². The highest BCUT2D eigenvalue weighted by molar-refractivity contribution is 6.32. The van der Waals surface area contributed by atoms with Crippen molar-refractivity contribution in [2.75, 3.05) is 30.8 Å². The summed E-state index contributed by atoms with van der Waals surface area (Å²) in [5.74, 6) is 2.10. The second-order valence-electron chi connectivity index (χ2n) is 13.1. The molecule has 2 heterocycles. The van der Waals surface area contributed by atoms with E-state index in [4.69, 9.17) is 21.1 Å². The van der Waals surface area contributed by atoms with Crippen LogP contribution in [0.1, 0.15) is 89.3 Å². The van der Waals surface area contributed by atoms with Gasteiger partial charge in [-0.1, -0.05) is 82.0 Å². The highest BCUT2D eigenvalue weighted by Gasteiger charge is 2.25. The van der Waals surface area contributed by atoms with Crippen molar-refractivity contribution >= 4 is 53.1 Å². The summed E-state index contributed by atoms with van der Waals surface area (Å²) in [5, 5.41) is 19.6.